The van der Waals surface area contributed by atoms with Gasteiger partial charge in [0.15, 0.2) is 5.16 Å². The Kier molecular flexibility index (Phi) is 6.26. The molecule has 3 aromatic rings. The zero-order chi connectivity index (χ0) is 21.0. The Bertz CT molecular complexity index is 1070. The van der Waals surface area contributed by atoms with Crippen LogP contribution < -0.4 is 10.3 Å². The smallest absolute Gasteiger partial charge is 0.433 e. The van der Waals surface area contributed by atoms with Crippen molar-refractivity contribution >= 4 is 11.8 Å². The van der Waals surface area contributed by atoms with Crippen LogP contribution in [0, 0.1) is 0 Å². The molecule has 0 fully saturated rings. The minimum absolute atomic E-state index is 0.0111. The molecule has 9 heteroatoms. The summed E-state index contributed by atoms with van der Waals surface area (Å²) in [6, 6.07) is 11.0. The molecule has 152 valence electrons. The van der Waals surface area contributed by atoms with E-state index in [9.17, 15) is 18.0 Å². The zero-order valence-electron chi connectivity index (χ0n) is 15.7. The van der Waals surface area contributed by atoms with E-state index in [0.717, 1.165) is 23.4 Å². The van der Waals surface area contributed by atoms with Crippen LogP contribution >= 0.6 is 11.8 Å². The topological polar surface area (TPSA) is 57.0 Å². The lowest BCUT2D eigenvalue weighted by atomic mass is 10.1. The average Bonchev–Trinajstić information content (AvgIpc) is 2.69. The summed E-state index contributed by atoms with van der Waals surface area (Å²) in [6.45, 7) is 2.65. The molecule has 0 spiro atoms. The first-order valence-electron chi connectivity index (χ1n) is 8.73. The predicted octanol–water partition coefficient (Wildman–Crippen LogP) is 4.49. The van der Waals surface area contributed by atoms with Gasteiger partial charge in [-0.3, -0.25) is 4.79 Å². The first-order valence-corrected chi connectivity index (χ1v) is 9.95. The van der Waals surface area contributed by atoms with Gasteiger partial charge in [0.25, 0.3) is 5.56 Å². The lowest BCUT2D eigenvalue weighted by molar-refractivity contribution is -0.141. The molecule has 0 bridgehead atoms. The highest BCUT2D eigenvalue weighted by atomic mass is 32.2. The highest BCUT2D eigenvalue weighted by Gasteiger charge is 2.33. The van der Waals surface area contributed by atoms with E-state index in [1.54, 1.807) is 6.26 Å². The highest BCUT2D eigenvalue weighted by Crippen LogP contribution is 2.31. The van der Waals surface area contributed by atoms with Crippen LogP contribution in [0.5, 0.6) is 5.75 Å². The minimum Gasteiger partial charge on any atom is -0.494 e. The van der Waals surface area contributed by atoms with Crippen LogP contribution in [0.2, 0.25) is 0 Å². The van der Waals surface area contributed by atoms with Crippen molar-refractivity contribution in [2.24, 2.45) is 0 Å². The SMILES string of the molecule is CCOc1cccc(Cn2cc(-c3cc(C(F)(F)F)nc(SC)n3)ccc2=O)c1. The van der Waals surface area contributed by atoms with E-state index >= 15 is 0 Å². The van der Waals surface area contributed by atoms with Gasteiger partial charge in [-0.2, -0.15) is 13.2 Å². The Balaban J connectivity index is 1.99. The second-order valence-corrected chi connectivity index (χ2v) is 6.86. The fourth-order valence-corrected chi connectivity index (χ4v) is 3.09. The Morgan fingerprint density at radius 2 is 1.93 bits per heavy atom. The number of thioether (sulfide) groups is 1. The summed E-state index contributed by atoms with van der Waals surface area (Å²) >= 11 is 1.02. The van der Waals surface area contributed by atoms with Gasteiger partial charge in [-0.1, -0.05) is 23.9 Å². The molecule has 0 radical (unpaired) electrons. The summed E-state index contributed by atoms with van der Waals surface area (Å²) in [6.07, 6.45) is -1.48. The number of alkyl halides is 3. The fourth-order valence-electron chi connectivity index (χ4n) is 2.71. The van der Waals surface area contributed by atoms with E-state index in [1.807, 2.05) is 31.2 Å². The molecule has 0 N–H and O–H groups in total. The van der Waals surface area contributed by atoms with E-state index in [1.165, 1.54) is 22.9 Å². The van der Waals surface area contributed by atoms with Crippen LogP contribution in [0.25, 0.3) is 11.3 Å². The predicted molar refractivity (Wildman–Crippen MR) is 105 cm³/mol. The number of rotatable bonds is 6. The van der Waals surface area contributed by atoms with Crippen LogP contribution in [0.3, 0.4) is 0 Å². The first-order chi connectivity index (χ1) is 13.8. The maximum Gasteiger partial charge on any atom is 0.433 e. The first kappa shape index (κ1) is 20.9. The monoisotopic (exact) mass is 421 g/mol. The second kappa shape index (κ2) is 8.69. The number of pyridine rings is 1. The third-order valence-electron chi connectivity index (χ3n) is 4.02. The van der Waals surface area contributed by atoms with E-state index in [2.05, 4.69) is 9.97 Å². The van der Waals surface area contributed by atoms with Gasteiger partial charge in [-0.25, -0.2) is 9.97 Å². The van der Waals surface area contributed by atoms with E-state index < -0.39 is 11.9 Å². The van der Waals surface area contributed by atoms with Gasteiger partial charge in [0.05, 0.1) is 18.8 Å². The molecule has 0 saturated carbocycles. The van der Waals surface area contributed by atoms with Gasteiger partial charge in [0.2, 0.25) is 0 Å². The number of aromatic nitrogens is 3. The summed E-state index contributed by atoms with van der Waals surface area (Å²) in [5, 5.41) is 0.0111. The van der Waals surface area contributed by atoms with Crippen LogP contribution in [-0.2, 0) is 12.7 Å². The molecule has 5 nitrogen and oxygen atoms in total. The normalized spacial score (nSPS) is 11.5. The van der Waals surface area contributed by atoms with Gasteiger partial charge < -0.3 is 9.30 Å². The van der Waals surface area contributed by atoms with E-state index in [-0.39, 0.29) is 23.0 Å². The zero-order valence-corrected chi connectivity index (χ0v) is 16.5. The number of halogens is 3. The summed E-state index contributed by atoms with van der Waals surface area (Å²) in [7, 11) is 0. The standard InChI is InChI=1S/C20H18F3N3O2S/c1-3-28-15-6-4-5-13(9-15)11-26-12-14(7-8-18(26)27)16-10-17(20(21,22)23)25-19(24-16)29-2/h4-10,12H,3,11H2,1-2H3. The van der Waals surface area contributed by atoms with Crippen LogP contribution in [0.15, 0.2) is 58.6 Å². The van der Waals surface area contributed by atoms with Gasteiger partial charge in [0.1, 0.15) is 11.4 Å². The molecule has 0 aliphatic carbocycles. The molecule has 29 heavy (non-hydrogen) atoms. The lowest BCUT2D eigenvalue weighted by Gasteiger charge is -2.12. The lowest BCUT2D eigenvalue weighted by Crippen LogP contribution is -2.19. The van der Waals surface area contributed by atoms with Gasteiger partial charge in [-0.05, 0) is 43.0 Å². The second-order valence-electron chi connectivity index (χ2n) is 6.09. The van der Waals surface area contributed by atoms with Gasteiger partial charge in [0, 0.05) is 17.8 Å². The molecule has 1 aromatic carbocycles. The Morgan fingerprint density at radius 3 is 2.62 bits per heavy atom. The van der Waals surface area contributed by atoms with Crippen molar-refractivity contribution in [1.29, 1.82) is 0 Å². The van der Waals surface area contributed by atoms with Crippen LogP contribution in [0.1, 0.15) is 18.2 Å². The molecule has 0 aliphatic heterocycles. The van der Waals surface area contributed by atoms with Crippen molar-refractivity contribution in [2.75, 3.05) is 12.9 Å². The summed E-state index contributed by atoms with van der Waals surface area (Å²) < 4.78 is 46.4. The number of benzene rings is 1. The number of hydrogen-bond donors (Lipinski definition) is 0. The van der Waals surface area contributed by atoms with Crippen molar-refractivity contribution in [2.45, 2.75) is 24.8 Å². The van der Waals surface area contributed by atoms with Crippen molar-refractivity contribution < 1.29 is 17.9 Å². The Morgan fingerprint density at radius 1 is 1.14 bits per heavy atom. The molecule has 2 heterocycles. The van der Waals surface area contributed by atoms with Crippen molar-refractivity contribution in [3.05, 3.63) is 70.3 Å². The third-order valence-corrected chi connectivity index (χ3v) is 4.57. The fraction of sp³-hybridized carbons (Fsp3) is 0.250. The Labute approximate surface area is 169 Å². The highest BCUT2D eigenvalue weighted by molar-refractivity contribution is 7.98. The minimum atomic E-state index is -4.59. The molecule has 2 aromatic heterocycles. The van der Waals surface area contributed by atoms with Crippen molar-refractivity contribution in [3.8, 4) is 17.0 Å². The average molecular weight is 421 g/mol. The maximum atomic E-state index is 13.2. The van der Waals surface area contributed by atoms with E-state index in [4.69, 9.17) is 4.74 Å². The maximum absolute atomic E-state index is 13.2. The molecular weight excluding hydrogens is 403 g/mol. The van der Waals surface area contributed by atoms with Crippen molar-refractivity contribution in [3.63, 3.8) is 0 Å². The molecule has 0 atom stereocenters. The number of nitrogens with zero attached hydrogens (tertiary/aromatic N) is 3. The number of hydrogen-bond acceptors (Lipinski definition) is 5. The molecule has 0 amide bonds. The molecule has 3 rings (SSSR count). The van der Waals surface area contributed by atoms with Gasteiger partial charge >= 0.3 is 6.18 Å². The van der Waals surface area contributed by atoms with Crippen LogP contribution in [-0.4, -0.2) is 27.4 Å². The van der Waals surface area contributed by atoms with Gasteiger partial charge in [-0.15, -0.1) is 0 Å². The molecular formula is C20H18F3N3O2S. The quantitative estimate of drug-likeness (QED) is 0.434. The largest absolute Gasteiger partial charge is 0.494 e. The molecule has 0 unspecified atom stereocenters. The summed E-state index contributed by atoms with van der Waals surface area (Å²) in [4.78, 5) is 20.0. The van der Waals surface area contributed by atoms with Crippen LogP contribution in [0.4, 0.5) is 13.2 Å². The molecule has 0 aliphatic rings. The Hall–Kier alpha value is -2.81. The number of ether oxygens (including phenoxy) is 1. The van der Waals surface area contributed by atoms with Crippen molar-refractivity contribution in [1.82, 2.24) is 14.5 Å². The summed E-state index contributed by atoms with van der Waals surface area (Å²) in [5.41, 5.74) is 0.0423. The summed E-state index contributed by atoms with van der Waals surface area (Å²) in [5.74, 6) is 0.685. The third kappa shape index (κ3) is 5.17. The molecule has 0 saturated heterocycles. The van der Waals surface area contributed by atoms with E-state index in [0.29, 0.717) is 17.9 Å².